The van der Waals surface area contributed by atoms with Crippen LogP contribution in [0.25, 0.3) is 0 Å². The van der Waals surface area contributed by atoms with Crippen molar-refractivity contribution in [3.8, 4) is 0 Å². The minimum Gasteiger partial charge on any atom is -0.310 e. The van der Waals surface area contributed by atoms with Gasteiger partial charge >= 0.3 is 0 Å². The monoisotopic (exact) mass is 296 g/mol. The molecule has 1 aromatic rings. The molecule has 112 valence electrons. The lowest BCUT2D eigenvalue weighted by Crippen LogP contribution is -2.46. The molecule has 0 aliphatic carbocycles. The van der Waals surface area contributed by atoms with Crippen LogP contribution in [0.2, 0.25) is 0 Å². The Kier molecular flexibility index (Phi) is 5.48. The predicted octanol–water partition coefficient (Wildman–Crippen LogP) is 2.23. The SMILES string of the molecule is CC[C@@H](C)n1nccc1NC(=O)[C@H](C)N1CCSCC1. The zero-order valence-corrected chi connectivity index (χ0v) is 13.3. The molecule has 0 saturated carbocycles. The van der Waals surface area contributed by atoms with E-state index in [1.807, 2.05) is 29.4 Å². The lowest BCUT2D eigenvalue weighted by molar-refractivity contribution is -0.120. The fourth-order valence-electron chi connectivity index (χ4n) is 2.30. The first-order chi connectivity index (χ1) is 9.63. The highest BCUT2D eigenvalue weighted by Crippen LogP contribution is 2.18. The fraction of sp³-hybridized carbons (Fsp3) is 0.714. The lowest BCUT2D eigenvalue weighted by Gasteiger charge is -2.31. The maximum atomic E-state index is 12.4. The first-order valence-corrected chi connectivity index (χ1v) is 8.45. The number of hydrogen-bond donors (Lipinski definition) is 1. The van der Waals surface area contributed by atoms with E-state index >= 15 is 0 Å². The van der Waals surface area contributed by atoms with Crippen LogP contribution in [0.5, 0.6) is 0 Å². The van der Waals surface area contributed by atoms with E-state index < -0.39 is 0 Å². The van der Waals surface area contributed by atoms with Crippen LogP contribution in [0.1, 0.15) is 33.2 Å². The van der Waals surface area contributed by atoms with E-state index in [9.17, 15) is 4.79 Å². The zero-order valence-electron chi connectivity index (χ0n) is 12.5. The van der Waals surface area contributed by atoms with Crippen LogP contribution in [0, 0.1) is 0 Å². The van der Waals surface area contributed by atoms with Crippen LogP contribution in [-0.4, -0.2) is 51.2 Å². The number of hydrogen-bond acceptors (Lipinski definition) is 4. The summed E-state index contributed by atoms with van der Waals surface area (Å²) in [5.41, 5.74) is 0. The average molecular weight is 296 g/mol. The van der Waals surface area contributed by atoms with E-state index in [1.54, 1.807) is 6.20 Å². The molecule has 2 atom stereocenters. The number of nitrogens with zero attached hydrogens (tertiary/aromatic N) is 3. The van der Waals surface area contributed by atoms with Gasteiger partial charge in [-0.1, -0.05) is 6.92 Å². The van der Waals surface area contributed by atoms with Crippen LogP contribution in [0.4, 0.5) is 5.82 Å². The van der Waals surface area contributed by atoms with Gasteiger partial charge in [-0.05, 0) is 20.3 Å². The Labute approximate surface area is 125 Å². The average Bonchev–Trinajstić information content (AvgIpc) is 2.94. The third-order valence-electron chi connectivity index (χ3n) is 3.90. The van der Waals surface area contributed by atoms with Gasteiger partial charge in [0.2, 0.25) is 5.91 Å². The molecule has 0 radical (unpaired) electrons. The van der Waals surface area contributed by atoms with Crippen molar-refractivity contribution < 1.29 is 4.79 Å². The zero-order chi connectivity index (χ0) is 14.5. The Balaban J connectivity index is 1.98. The Bertz CT molecular complexity index is 442. The van der Waals surface area contributed by atoms with Crippen molar-refractivity contribution in [3.05, 3.63) is 12.3 Å². The molecule has 6 heteroatoms. The maximum Gasteiger partial charge on any atom is 0.242 e. The van der Waals surface area contributed by atoms with E-state index in [0.717, 1.165) is 36.8 Å². The molecule has 0 unspecified atom stereocenters. The summed E-state index contributed by atoms with van der Waals surface area (Å²) in [6.45, 7) is 8.18. The summed E-state index contributed by atoms with van der Waals surface area (Å²) in [6.07, 6.45) is 2.73. The van der Waals surface area contributed by atoms with Crippen molar-refractivity contribution in [2.24, 2.45) is 0 Å². The number of amides is 1. The van der Waals surface area contributed by atoms with Crippen molar-refractivity contribution >= 4 is 23.5 Å². The molecule has 1 aliphatic rings. The molecule has 0 bridgehead atoms. The van der Waals surface area contributed by atoms with Crippen LogP contribution >= 0.6 is 11.8 Å². The third-order valence-corrected chi connectivity index (χ3v) is 4.85. The molecule has 5 nitrogen and oxygen atoms in total. The van der Waals surface area contributed by atoms with Gasteiger partial charge in [0.25, 0.3) is 0 Å². The molecule has 1 aromatic heterocycles. The summed E-state index contributed by atoms with van der Waals surface area (Å²) in [7, 11) is 0. The molecule has 0 aromatic carbocycles. The van der Waals surface area contributed by atoms with Crippen LogP contribution in [-0.2, 0) is 4.79 Å². The summed E-state index contributed by atoms with van der Waals surface area (Å²) in [5, 5.41) is 7.31. The first kappa shape index (κ1) is 15.4. The number of rotatable bonds is 5. The van der Waals surface area contributed by atoms with Crippen molar-refractivity contribution in [2.75, 3.05) is 29.9 Å². The second-order valence-corrected chi connectivity index (χ2v) is 6.46. The Morgan fingerprint density at radius 1 is 1.45 bits per heavy atom. The minimum atomic E-state index is -0.0869. The number of aromatic nitrogens is 2. The Morgan fingerprint density at radius 2 is 2.15 bits per heavy atom. The molecule has 20 heavy (non-hydrogen) atoms. The minimum absolute atomic E-state index is 0.0574. The van der Waals surface area contributed by atoms with Gasteiger partial charge in [0.1, 0.15) is 5.82 Å². The first-order valence-electron chi connectivity index (χ1n) is 7.29. The predicted molar refractivity (Wildman–Crippen MR) is 84.2 cm³/mol. The molecular weight excluding hydrogens is 272 g/mol. The number of carbonyl (C=O) groups excluding carboxylic acids is 1. The van der Waals surface area contributed by atoms with Crippen molar-refractivity contribution in [1.29, 1.82) is 0 Å². The summed E-state index contributed by atoms with van der Waals surface area (Å²) in [4.78, 5) is 14.6. The van der Waals surface area contributed by atoms with Crippen molar-refractivity contribution in [1.82, 2.24) is 14.7 Å². The topological polar surface area (TPSA) is 50.2 Å². The summed E-state index contributed by atoms with van der Waals surface area (Å²) in [5.74, 6) is 3.08. The molecule has 1 fully saturated rings. The van der Waals surface area contributed by atoms with Crippen molar-refractivity contribution in [2.45, 2.75) is 39.3 Å². The highest BCUT2D eigenvalue weighted by molar-refractivity contribution is 7.99. The standard InChI is InChI=1S/C14H24N4OS/c1-4-11(2)18-13(5-6-15-18)16-14(19)12(3)17-7-9-20-10-8-17/h5-6,11-12H,4,7-10H2,1-3H3,(H,16,19)/t11-,12+/m1/s1. The summed E-state index contributed by atoms with van der Waals surface area (Å²) < 4.78 is 1.89. The van der Waals surface area contributed by atoms with E-state index in [0.29, 0.717) is 6.04 Å². The molecular formula is C14H24N4OS. The van der Waals surface area contributed by atoms with E-state index in [-0.39, 0.29) is 11.9 Å². The molecule has 0 spiro atoms. The maximum absolute atomic E-state index is 12.4. The molecule has 1 saturated heterocycles. The quantitative estimate of drug-likeness (QED) is 0.905. The number of nitrogens with one attached hydrogen (secondary N) is 1. The third kappa shape index (κ3) is 3.55. The van der Waals surface area contributed by atoms with Crippen LogP contribution in [0.3, 0.4) is 0 Å². The van der Waals surface area contributed by atoms with Gasteiger partial charge in [-0.2, -0.15) is 16.9 Å². The summed E-state index contributed by atoms with van der Waals surface area (Å²) >= 11 is 1.95. The number of anilines is 1. The molecule has 1 N–H and O–H groups in total. The molecule has 2 rings (SSSR count). The second-order valence-electron chi connectivity index (χ2n) is 5.23. The van der Waals surface area contributed by atoms with E-state index in [4.69, 9.17) is 0 Å². The van der Waals surface area contributed by atoms with Gasteiger partial charge < -0.3 is 5.32 Å². The van der Waals surface area contributed by atoms with Gasteiger partial charge in [-0.3, -0.25) is 9.69 Å². The van der Waals surface area contributed by atoms with Gasteiger partial charge in [0, 0.05) is 30.7 Å². The Hall–Kier alpha value is -1.01. The fourth-order valence-corrected chi connectivity index (χ4v) is 3.23. The smallest absolute Gasteiger partial charge is 0.242 e. The van der Waals surface area contributed by atoms with Crippen LogP contribution in [0.15, 0.2) is 12.3 Å². The molecule has 1 aliphatic heterocycles. The van der Waals surface area contributed by atoms with Gasteiger partial charge in [0.05, 0.1) is 18.3 Å². The van der Waals surface area contributed by atoms with Crippen molar-refractivity contribution in [3.63, 3.8) is 0 Å². The molecule has 2 heterocycles. The summed E-state index contributed by atoms with van der Waals surface area (Å²) in [6, 6.07) is 2.07. The highest BCUT2D eigenvalue weighted by Gasteiger charge is 2.24. The largest absolute Gasteiger partial charge is 0.310 e. The molecule has 1 amide bonds. The lowest BCUT2D eigenvalue weighted by atomic mass is 10.2. The number of thioether (sulfide) groups is 1. The van der Waals surface area contributed by atoms with E-state index in [1.165, 1.54) is 0 Å². The normalized spacial score (nSPS) is 19.6. The van der Waals surface area contributed by atoms with Gasteiger partial charge in [-0.15, -0.1) is 0 Å². The van der Waals surface area contributed by atoms with Gasteiger partial charge in [-0.25, -0.2) is 4.68 Å². The van der Waals surface area contributed by atoms with Gasteiger partial charge in [0.15, 0.2) is 0 Å². The van der Waals surface area contributed by atoms with Crippen LogP contribution < -0.4 is 5.32 Å². The Morgan fingerprint density at radius 3 is 2.80 bits per heavy atom. The second kappa shape index (κ2) is 7.13. The highest BCUT2D eigenvalue weighted by atomic mass is 32.2. The number of carbonyl (C=O) groups is 1. The van der Waals surface area contributed by atoms with E-state index in [2.05, 4.69) is 29.2 Å².